The van der Waals surface area contributed by atoms with Gasteiger partial charge in [0.05, 0.1) is 12.6 Å². The van der Waals surface area contributed by atoms with Crippen molar-refractivity contribution in [1.82, 2.24) is 9.55 Å². The topological polar surface area (TPSA) is 107 Å². The normalized spacial score (nSPS) is 12.8. The van der Waals surface area contributed by atoms with Crippen LogP contribution in [0.15, 0.2) is 12.4 Å². The lowest BCUT2D eigenvalue weighted by molar-refractivity contribution is -0.397. The molecule has 13 heavy (non-hydrogen) atoms. The first-order valence-corrected chi connectivity index (χ1v) is 3.68. The van der Waals surface area contributed by atoms with Crippen LogP contribution in [0.4, 0.5) is 5.95 Å². The second-order valence-electron chi connectivity index (χ2n) is 2.53. The molecule has 7 nitrogen and oxygen atoms in total. The van der Waals surface area contributed by atoms with Gasteiger partial charge in [0.15, 0.2) is 0 Å². The maximum absolute atomic E-state index is 10.4. The fourth-order valence-corrected chi connectivity index (χ4v) is 0.917. The predicted octanol–water partition coefficient (Wildman–Crippen LogP) is -0.889. The van der Waals surface area contributed by atoms with Gasteiger partial charge >= 0.3 is 5.95 Å². The van der Waals surface area contributed by atoms with Gasteiger partial charge < -0.3 is 21.0 Å². The third kappa shape index (κ3) is 2.23. The summed E-state index contributed by atoms with van der Waals surface area (Å²) < 4.78 is 1.25. The molecule has 0 amide bonds. The van der Waals surface area contributed by atoms with E-state index in [1.807, 2.05) is 0 Å². The number of imidazole rings is 1. The molecule has 1 heterocycles. The molecule has 1 aromatic rings. The summed E-state index contributed by atoms with van der Waals surface area (Å²) >= 11 is 0. The highest BCUT2D eigenvalue weighted by atomic mass is 16.6. The highest BCUT2D eigenvalue weighted by molar-refractivity contribution is 5.06. The Kier molecular flexibility index (Phi) is 2.93. The summed E-state index contributed by atoms with van der Waals surface area (Å²) in [5.74, 6) is -0.285. The minimum absolute atomic E-state index is 0.0648. The monoisotopic (exact) mass is 186 g/mol. The Labute approximate surface area is 74.0 Å². The van der Waals surface area contributed by atoms with Gasteiger partial charge in [-0.1, -0.05) is 4.98 Å². The van der Waals surface area contributed by atoms with Gasteiger partial charge in [0.2, 0.25) is 0 Å². The summed E-state index contributed by atoms with van der Waals surface area (Å²) in [5.41, 5.74) is 5.16. The summed E-state index contributed by atoms with van der Waals surface area (Å²) in [5, 5.41) is 19.5. The highest BCUT2D eigenvalue weighted by Crippen LogP contribution is 2.07. The molecule has 1 aromatic heterocycles. The lowest BCUT2D eigenvalue weighted by atomic mass is 10.3. The van der Waals surface area contributed by atoms with E-state index in [-0.39, 0.29) is 19.0 Å². The lowest BCUT2D eigenvalue weighted by Crippen LogP contribution is -2.25. The average molecular weight is 186 g/mol. The van der Waals surface area contributed by atoms with Crippen LogP contribution >= 0.6 is 0 Å². The maximum atomic E-state index is 10.4. The highest BCUT2D eigenvalue weighted by Gasteiger charge is 2.16. The van der Waals surface area contributed by atoms with E-state index in [1.54, 1.807) is 0 Å². The summed E-state index contributed by atoms with van der Waals surface area (Å²) in [7, 11) is 0. The summed E-state index contributed by atoms with van der Waals surface area (Å²) in [6.45, 7) is 0.155. The molecular formula is C6H10N4O3. The largest absolute Gasteiger partial charge is 0.434 e. The van der Waals surface area contributed by atoms with Crippen molar-refractivity contribution in [3.63, 3.8) is 0 Å². The molecule has 1 rings (SSSR count). The third-order valence-corrected chi connectivity index (χ3v) is 1.54. The average Bonchev–Trinajstić information content (AvgIpc) is 2.52. The van der Waals surface area contributed by atoms with E-state index in [9.17, 15) is 10.1 Å². The van der Waals surface area contributed by atoms with Gasteiger partial charge in [-0.2, -0.15) is 0 Å². The van der Waals surface area contributed by atoms with Gasteiger partial charge in [-0.3, -0.25) is 0 Å². The standard InChI is InChI=1S/C6H10N4O3/c7-3-5(11)4-9-2-1-8-6(9)10(12)13/h1-2,5,11H,3-4,7H2/t5-/m1/s1. The van der Waals surface area contributed by atoms with Crippen molar-refractivity contribution in [1.29, 1.82) is 0 Å². The minimum atomic E-state index is -0.784. The number of aliphatic hydroxyl groups excluding tert-OH is 1. The van der Waals surface area contributed by atoms with Gasteiger partial charge in [0, 0.05) is 6.54 Å². The molecule has 0 unspecified atom stereocenters. The van der Waals surface area contributed by atoms with E-state index < -0.39 is 11.0 Å². The molecular weight excluding hydrogens is 176 g/mol. The van der Waals surface area contributed by atoms with E-state index in [1.165, 1.54) is 17.0 Å². The zero-order valence-electron chi connectivity index (χ0n) is 6.83. The van der Waals surface area contributed by atoms with Gasteiger partial charge in [-0.05, 0) is 4.92 Å². The first-order chi connectivity index (χ1) is 6.15. The number of rotatable bonds is 4. The number of nitrogens with two attached hydrogens (primary N) is 1. The number of hydrogen-bond donors (Lipinski definition) is 2. The molecule has 7 heteroatoms. The molecule has 0 aliphatic rings. The van der Waals surface area contributed by atoms with Crippen LogP contribution in [0, 0.1) is 10.1 Å². The Bertz CT molecular complexity index is 298. The molecule has 0 aliphatic carbocycles. The van der Waals surface area contributed by atoms with Crippen LogP contribution in [0.3, 0.4) is 0 Å². The molecule has 0 radical (unpaired) electrons. The maximum Gasteiger partial charge on any atom is 0.434 e. The number of nitrogens with zero attached hydrogens (tertiary/aromatic N) is 3. The first-order valence-electron chi connectivity index (χ1n) is 3.68. The van der Waals surface area contributed by atoms with Crippen molar-refractivity contribution in [2.75, 3.05) is 6.54 Å². The molecule has 0 spiro atoms. The fourth-order valence-electron chi connectivity index (χ4n) is 0.917. The van der Waals surface area contributed by atoms with Crippen LogP contribution in [-0.4, -0.2) is 32.2 Å². The molecule has 0 fully saturated rings. The molecule has 0 saturated heterocycles. The van der Waals surface area contributed by atoms with Crippen LogP contribution < -0.4 is 5.73 Å². The lowest BCUT2D eigenvalue weighted by Gasteiger charge is -2.05. The number of nitro groups is 1. The van der Waals surface area contributed by atoms with E-state index in [0.29, 0.717) is 0 Å². The van der Waals surface area contributed by atoms with Gasteiger partial charge in [-0.15, -0.1) is 0 Å². The van der Waals surface area contributed by atoms with Crippen molar-refractivity contribution in [3.8, 4) is 0 Å². The van der Waals surface area contributed by atoms with Gasteiger partial charge in [-0.25, -0.2) is 4.57 Å². The van der Waals surface area contributed by atoms with Crippen LogP contribution in [0.25, 0.3) is 0 Å². The number of aliphatic hydroxyl groups is 1. The molecule has 72 valence electrons. The fraction of sp³-hybridized carbons (Fsp3) is 0.500. The van der Waals surface area contributed by atoms with Gasteiger partial charge in [0.1, 0.15) is 12.4 Å². The number of hydrogen-bond acceptors (Lipinski definition) is 5. The Morgan fingerprint density at radius 3 is 3.08 bits per heavy atom. The zero-order chi connectivity index (χ0) is 9.84. The minimum Gasteiger partial charge on any atom is -0.390 e. The molecule has 1 atom stereocenters. The Hall–Kier alpha value is -1.47. The van der Waals surface area contributed by atoms with E-state index in [2.05, 4.69) is 4.98 Å². The van der Waals surface area contributed by atoms with E-state index in [0.717, 1.165) is 0 Å². The van der Waals surface area contributed by atoms with Crippen molar-refractivity contribution in [3.05, 3.63) is 22.5 Å². The predicted molar refractivity (Wildman–Crippen MR) is 43.9 cm³/mol. The summed E-state index contributed by atoms with van der Waals surface area (Å²) in [6.07, 6.45) is 1.95. The molecule has 3 N–H and O–H groups in total. The smallest absolute Gasteiger partial charge is 0.390 e. The van der Waals surface area contributed by atoms with Crippen LogP contribution in [0.2, 0.25) is 0 Å². The molecule has 0 bridgehead atoms. The molecule has 0 aromatic carbocycles. The summed E-state index contributed by atoms with van der Waals surface area (Å²) in [4.78, 5) is 13.3. The third-order valence-electron chi connectivity index (χ3n) is 1.54. The van der Waals surface area contributed by atoms with Crippen LogP contribution in [0.1, 0.15) is 0 Å². The quantitative estimate of drug-likeness (QED) is 0.468. The van der Waals surface area contributed by atoms with E-state index in [4.69, 9.17) is 10.8 Å². The second kappa shape index (κ2) is 3.97. The van der Waals surface area contributed by atoms with Crippen LogP contribution in [-0.2, 0) is 6.54 Å². The number of aromatic nitrogens is 2. The Morgan fingerprint density at radius 1 is 1.85 bits per heavy atom. The Morgan fingerprint density at radius 2 is 2.54 bits per heavy atom. The SMILES string of the molecule is NC[C@@H](O)Cn1ccnc1[N+](=O)[O-]. The molecule has 0 aliphatic heterocycles. The van der Waals surface area contributed by atoms with Crippen molar-refractivity contribution >= 4 is 5.95 Å². The van der Waals surface area contributed by atoms with E-state index >= 15 is 0 Å². The zero-order valence-corrected chi connectivity index (χ0v) is 6.83. The summed E-state index contributed by atoms with van der Waals surface area (Å²) in [6, 6.07) is 0. The first kappa shape index (κ1) is 9.62. The second-order valence-corrected chi connectivity index (χ2v) is 2.53. The van der Waals surface area contributed by atoms with Crippen molar-refractivity contribution < 1.29 is 10.0 Å². The molecule has 0 saturated carbocycles. The van der Waals surface area contributed by atoms with Crippen LogP contribution in [0.5, 0.6) is 0 Å². The van der Waals surface area contributed by atoms with Crippen molar-refractivity contribution in [2.45, 2.75) is 12.6 Å². The van der Waals surface area contributed by atoms with Crippen molar-refractivity contribution in [2.24, 2.45) is 5.73 Å². The van der Waals surface area contributed by atoms with Gasteiger partial charge in [0.25, 0.3) is 0 Å². The Balaban J connectivity index is 2.76.